The maximum Gasteiger partial charge on any atom is 0.128 e. The second-order valence-corrected chi connectivity index (χ2v) is 4.96. The Morgan fingerprint density at radius 2 is 1.90 bits per heavy atom. The van der Waals surface area contributed by atoms with E-state index in [1.165, 1.54) is 11.6 Å². The maximum absolute atomic E-state index is 13.5. The van der Waals surface area contributed by atoms with E-state index < -0.39 is 11.6 Å². The normalized spacial score (nSPS) is 10.6. The standard InChI is InChI=1S/C16H16ClF2N/c17-8-2-4-12-3-1-5-15(9-12)20-11-13-10-14(18)6-7-16(13)19/h1,3,5-7,9-10,20H,2,4,8,11H2. The van der Waals surface area contributed by atoms with Gasteiger partial charge in [-0.2, -0.15) is 0 Å². The Labute approximate surface area is 122 Å². The molecule has 0 bridgehead atoms. The summed E-state index contributed by atoms with van der Waals surface area (Å²) in [5.41, 5.74) is 2.38. The lowest BCUT2D eigenvalue weighted by Gasteiger charge is -2.09. The quantitative estimate of drug-likeness (QED) is 0.759. The zero-order valence-electron chi connectivity index (χ0n) is 11.0. The largest absolute Gasteiger partial charge is 0.381 e. The van der Waals surface area contributed by atoms with Crippen LogP contribution in [-0.2, 0) is 13.0 Å². The summed E-state index contributed by atoms with van der Waals surface area (Å²) in [5.74, 6) is -0.206. The van der Waals surface area contributed by atoms with Crippen LogP contribution in [0, 0.1) is 11.6 Å². The molecule has 0 fully saturated rings. The van der Waals surface area contributed by atoms with E-state index in [-0.39, 0.29) is 6.54 Å². The van der Waals surface area contributed by atoms with Crippen LogP contribution in [0.1, 0.15) is 17.5 Å². The fraction of sp³-hybridized carbons (Fsp3) is 0.250. The Bertz CT molecular complexity index is 572. The number of anilines is 1. The molecule has 0 saturated carbocycles. The highest BCUT2D eigenvalue weighted by molar-refractivity contribution is 6.17. The molecule has 1 N–H and O–H groups in total. The van der Waals surface area contributed by atoms with E-state index in [0.29, 0.717) is 11.4 Å². The molecule has 0 unspecified atom stereocenters. The topological polar surface area (TPSA) is 12.0 Å². The summed E-state index contributed by atoms with van der Waals surface area (Å²) >= 11 is 5.67. The van der Waals surface area contributed by atoms with E-state index in [1.54, 1.807) is 0 Å². The molecule has 0 radical (unpaired) electrons. The smallest absolute Gasteiger partial charge is 0.128 e. The molecular weight excluding hydrogens is 280 g/mol. The van der Waals surface area contributed by atoms with E-state index in [9.17, 15) is 8.78 Å². The van der Waals surface area contributed by atoms with Gasteiger partial charge in [0.15, 0.2) is 0 Å². The summed E-state index contributed by atoms with van der Waals surface area (Å²) in [6.45, 7) is 0.253. The first-order valence-corrected chi connectivity index (χ1v) is 7.05. The molecule has 0 aliphatic carbocycles. The van der Waals surface area contributed by atoms with Gasteiger partial charge in [0.2, 0.25) is 0 Å². The highest BCUT2D eigenvalue weighted by Gasteiger charge is 2.04. The van der Waals surface area contributed by atoms with Crippen molar-refractivity contribution in [1.82, 2.24) is 0 Å². The van der Waals surface area contributed by atoms with Gasteiger partial charge in [-0.1, -0.05) is 12.1 Å². The predicted molar refractivity (Wildman–Crippen MR) is 79.2 cm³/mol. The van der Waals surface area contributed by atoms with E-state index >= 15 is 0 Å². The number of aryl methyl sites for hydroxylation is 1. The third-order valence-electron chi connectivity index (χ3n) is 3.02. The average molecular weight is 296 g/mol. The molecular formula is C16H16ClF2N. The number of nitrogens with one attached hydrogen (secondary N) is 1. The van der Waals surface area contributed by atoms with Gasteiger partial charge in [0.1, 0.15) is 11.6 Å². The molecule has 2 rings (SSSR count). The Kier molecular flexibility index (Phi) is 5.36. The summed E-state index contributed by atoms with van der Waals surface area (Å²) in [4.78, 5) is 0. The van der Waals surface area contributed by atoms with E-state index in [4.69, 9.17) is 11.6 Å². The molecule has 0 spiro atoms. The minimum absolute atomic E-state index is 0.253. The van der Waals surface area contributed by atoms with Gasteiger partial charge in [-0.25, -0.2) is 8.78 Å². The predicted octanol–water partition coefficient (Wildman–Crippen LogP) is 4.75. The second-order valence-electron chi connectivity index (χ2n) is 4.58. The molecule has 1 nitrogen and oxygen atoms in total. The summed E-state index contributed by atoms with van der Waals surface area (Å²) in [5, 5.41) is 3.11. The van der Waals surface area contributed by atoms with Crippen LogP contribution in [-0.4, -0.2) is 5.88 Å². The molecule has 0 saturated heterocycles. The molecule has 20 heavy (non-hydrogen) atoms. The third kappa shape index (κ3) is 4.20. The van der Waals surface area contributed by atoms with Gasteiger partial charge >= 0.3 is 0 Å². The SMILES string of the molecule is Fc1ccc(F)c(CNc2cccc(CCCCl)c2)c1. The third-order valence-corrected chi connectivity index (χ3v) is 3.28. The van der Waals surface area contributed by atoms with Gasteiger partial charge in [-0.05, 0) is 48.7 Å². The van der Waals surface area contributed by atoms with Gasteiger partial charge in [-0.15, -0.1) is 11.6 Å². The fourth-order valence-corrected chi connectivity index (χ4v) is 2.12. The second kappa shape index (κ2) is 7.25. The van der Waals surface area contributed by atoms with E-state index in [0.717, 1.165) is 30.7 Å². The summed E-state index contributed by atoms with van der Waals surface area (Å²) in [6.07, 6.45) is 1.83. The molecule has 106 valence electrons. The summed E-state index contributed by atoms with van der Waals surface area (Å²) < 4.78 is 26.6. The lowest BCUT2D eigenvalue weighted by molar-refractivity contribution is 0.587. The molecule has 0 atom stereocenters. The molecule has 4 heteroatoms. The Balaban J connectivity index is 2.01. The minimum atomic E-state index is -0.431. The minimum Gasteiger partial charge on any atom is -0.381 e. The molecule has 0 aliphatic heterocycles. The summed E-state index contributed by atoms with van der Waals surface area (Å²) in [7, 11) is 0. The first-order chi connectivity index (χ1) is 9.69. The van der Waals surface area contributed by atoms with Crippen molar-refractivity contribution in [3.8, 4) is 0 Å². The van der Waals surface area contributed by atoms with Gasteiger partial charge in [0.05, 0.1) is 0 Å². The maximum atomic E-state index is 13.5. The Morgan fingerprint density at radius 1 is 1.05 bits per heavy atom. The number of hydrogen-bond donors (Lipinski definition) is 1. The Hall–Kier alpha value is -1.61. The van der Waals surface area contributed by atoms with Crippen molar-refractivity contribution in [1.29, 1.82) is 0 Å². The van der Waals surface area contributed by atoms with Crippen LogP contribution >= 0.6 is 11.6 Å². The molecule has 0 heterocycles. The van der Waals surface area contributed by atoms with Crippen LogP contribution in [0.4, 0.5) is 14.5 Å². The van der Waals surface area contributed by atoms with Crippen LogP contribution < -0.4 is 5.32 Å². The number of benzene rings is 2. The van der Waals surface area contributed by atoms with Crippen molar-refractivity contribution in [2.75, 3.05) is 11.2 Å². The van der Waals surface area contributed by atoms with Crippen LogP contribution in [0.2, 0.25) is 0 Å². The number of alkyl halides is 1. The van der Waals surface area contributed by atoms with Gasteiger partial charge < -0.3 is 5.32 Å². The van der Waals surface area contributed by atoms with Gasteiger partial charge in [0.25, 0.3) is 0 Å². The molecule has 2 aromatic carbocycles. The number of halogens is 3. The van der Waals surface area contributed by atoms with E-state index in [2.05, 4.69) is 5.32 Å². The lowest BCUT2D eigenvalue weighted by atomic mass is 10.1. The first kappa shape index (κ1) is 14.8. The van der Waals surface area contributed by atoms with Crippen molar-refractivity contribution >= 4 is 17.3 Å². The van der Waals surface area contributed by atoms with Crippen molar-refractivity contribution in [3.63, 3.8) is 0 Å². The summed E-state index contributed by atoms with van der Waals surface area (Å²) in [6, 6.07) is 11.3. The number of hydrogen-bond acceptors (Lipinski definition) is 1. The van der Waals surface area contributed by atoms with Gasteiger partial charge in [0, 0.05) is 23.7 Å². The first-order valence-electron chi connectivity index (χ1n) is 6.52. The highest BCUT2D eigenvalue weighted by Crippen LogP contribution is 2.15. The average Bonchev–Trinajstić information content (AvgIpc) is 2.46. The van der Waals surface area contributed by atoms with Crippen molar-refractivity contribution in [3.05, 3.63) is 65.2 Å². The van der Waals surface area contributed by atoms with Crippen LogP contribution in [0.15, 0.2) is 42.5 Å². The van der Waals surface area contributed by atoms with Crippen molar-refractivity contribution in [2.45, 2.75) is 19.4 Å². The van der Waals surface area contributed by atoms with Crippen molar-refractivity contribution < 1.29 is 8.78 Å². The van der Waals surface area contributed by atoms with Crippen LogP contribution in [0.3, 0.4) is 0 Å². The molecule has 0 aliphatic rings. The molecule has 0 aromatic heterocycles. The lowest BCUT2D eigenvalue weighted by Crippen LogP contribution is -2.02. The van der Waals surface area contributed by atoms with Crippen LogP contribution in [0.5, 0.6) is 0 Å². The fourth-order valence-electron chi connectivity index (χ4n) is 1.98. The highest BCUT2D eigenvalue weighted by atomic mass is 35.5. The number of rotatable bonds is 6. The molecule has 0 amide bonds. The zero-order chi connectivity index (χ0) is 14.4. The Morgan fingerprint density at radius 3 is 2.70 bits per heavy atom. The van der Waals surface area contributed by atoms with Crippen LogP contribution in [0.25, 0.3) is 0 Å². The monoisotopic (exact) mass is 295 g/mol. The zero-order valence-corrected chi connectivity index (χ0v) is 11.8. The van der Waals surface area contributed by atoms with E-state index in [1.807, 2.05) is 24.3 Å². The van der Waals surface area contributed by atoms with Gasteiger partial charge in [-0.3, -0.25) is 0 Å². The van der Waals surface area contributed by atoms with Crippen molar-refractivity contribution in [2.24, 2.45) is 0 Å². The molecule has 2 aromatic rings.